The molecule has 1 saturated carbocycles. The third kappa shape index (κ3) is 6.21. The van der Waals surface area contributed by atoms with Crippen molar-refractivity contribution in [2.24, 2.45) is 0 Å². The van der Waals surface area contributed by atoms with E-state index < -0.39 is 8.07 Å². The van der Waals surface area contributed by atoms with Crippen LogP contribution in [0.15, 0.2) is 72.8 Å². The van der Waals surface area contributed by atoms with E-state index in [0.717, 1.165) is 48.3 Å². The van der Waals surface area contributed by atoms with Gasteiger partial charge in [0, 0.05) is 29.9 Å². The molecule has 0 radical (unpaired) electrons. The summed E-state index contributed by atoms with van der Waals surface area (Å²) in [6, 6.07) is 25.6. The third-order valence-electron chi connectivity index (χ3n) is 7.48. The van der Waals surface area contributed by atoms with E-state index in [4.69, 9.17) is 18.9 Å². The third-order valence-corrected chi connectivity index (χ3v) is 8.49. The van der Waals surface area contributed by atoms with Crippen molar-refractivity contribution in [1.82, 2.24) is 0 Å². The van der Waals surface area contributed by atoms with Crippen LogP contribution in [0.4, 0.5) is 0 Å². The second kappa shape index (κ2) is 11.3. The summed E-state index contributed by atoms with van der Waals surface area (Å²) in [4.78, 5) is 0. The number of rotatable bonds is 8. The fraction of sp³-hybridized carbons (Fsp3) is 0.438. The van der Waals surface area contributed by atoms with Gasteiger partial charge in [-0.05, 0) is 30.0 Å². The molecule has 2 aliphatic rings. The van der Waals surface area contributed by atoms with Crippen molar-refractivity contribution in [3.63, 3.8) is 0 Å². The lowest BCUT2D eigenvalue weighted by molar-refractivity contribution is -0.144. The topological polar surface area (TPSA) is 36.9 Å². The first-order valence-electron chi connectivity index (χ1n) is 13.7. The van der Waals surface area contributed by atoms with E-state index in [1.807, 2.05) is 6.07 Å². The molecule has 0 amide bonds. The number of methoxy groups -OCH3 is 1. The van der Waals surface area contributed by atoms with Gasteiger partial charge in [0.1, 0.15) is 5.75 Å². The predicted molar refractivity (Wildman–Crippen MR) is 152 cm³/mol. The Balaban J connectivity index is 1.45. The van der Waals surface area contributed by atoms with Crippen molar-refractivity contribution in [3.8, 4) is 17.2 Å². The summed E-state index contributed by atoms with van der Waals surface area (Å²) in [6.45, 7) is 6.91. The molecule has 3 aromatic rings. The zero-order valence-electron chi connectivity index (χ0n) is 22.6. The number of benzene rings is 3. The Labute approximate surface area is 222 Å². The smallest absolute Gasteiger partial charge is 0.201 e. The summed E-state index contributed by atoms with van der Waals surface area (Å²) in [5.74, 6) is 2.91. The van der Waals surface area contributed by atoms with Crippen LogP contribution in [0, 0.1) is 0 Å². The highest BCUT2D eigenvalue weighted by molar-refractivity contribution is 6.76. The lowest BCUT2D eigenvalue weighted by atomic mass is 9.81. The minimum absolute atomic E-state index is 0.153. The first-order valence-corrected chi connectivity index (χ1v) is 17.4. The highest BCUT2D eigenvalue weighted by Crippen LogP contribution is 2.47. The summed E-state index contributed by atoms with van der Waals surface area (Å²) in [5.41, 5.74) is 3.77. The van der Waals surface area contributed by atoms with Crippen LogP contribution in [-0.4, -0.2) is 33.8 Å². The highest BCUT2D eigenvalue weighted by atomic mass is 28.3. The van der Waals surface area contributed by atoms with Crippen molar-refractivity contribution >= 4 is 8.07 Å². The SMILES string of the molecule is COc1cc2c(cc1OC[Si](C)(C)C)O[C@H](O[C@@H]1CCCC[C@H]1c1ccccc1)C[C@@H]2c1ccccc1. The van der Waals surface area contributed by atoms with Crippen LogP contribution in [0.1, 0.15) is 60.6 Å². The Morgan fingerprint density at radius 1 is 0.838 bits per heavy atom. The molecule has 1 heterocycles. The maximum Gasteiger partial charge on any atom is 0.201 e. The zero-order valence-corrected chi connectivity index (χ0v) is 23.6. The van der Waals surface area contributed by atoms with Crippen LogP contribution in [0.2, 0.25) is 19.6 Å². The maximum atomic E-state index is 6.83. The average Bonchev–Trinajstić information content (AvgIpc) is 2.92. The van der Waals surface area contributed by atoms with Gasteiger partial charge in [-0.2, -0.15) is 0 Å². The molecule has 0 spiro atoms. The largest absolute Gasteiger partial charge is 0.493 e. The van der Waals surface area contributed by atoms with Crippen LogP contribution in [0.5, 0.6) is 17.2 Å². The molecule has 0 saturated heterocycles. The van der Waals surface area contributed by atoms with E-state index in [9.17, 15) is 0 Å². The minimum Gasteiger partial charge on any atom is -0.493 e. The first-order chi connectivity index (χ1) is 17.9. The highest BCUT2D eigenvalue weighted by Gasteiger charge is 2.36. The molecule has 0 unspecified atom stereocenters. The number of hydrogen-bond acceptors (Lipinski definition) is 4. The van der Waals surface area contributed by atoms with Gasteiger partial charge in [0.05, 0.1) is 27.5 Å². The van der Waals surface area contributed by atoms with Crippen LogP contribution in [0.3, 0.4) is 0 Å². The summed E-state index contributed by atoms with van der Waals surface area (Å²) >= 11 is 0. The van der Waals surface area contributed by atoms with Crippen molar-refractivity contribution in [3.05, 3.63) is 89.5 Å². The molecule has 1 aliphatic heterocycles. The lowest BCUT2D eigenvalue weighted by Gasteiger charge is -2.38. The predicted octanol–water partition coefficient (Wildman–Crippen LogP) is 7.93. The van der Waals surface area contributed by atoms with Crippen molar-refractivity contribution in [1.29, 1.82) is 0 Å². The van der Waals surface area contributed by atoms with E-state index in [0.29, 0.717) is 5.92 Å². The Bertz CT molecular complexity index is 1160. The normalized spacial score (nSPS) is 23.6. The van der Waals surface area contributed by atoms with E-state index >= 15 is 0 Å². The standard InChI is InChI=1S/C32H40O4Si/c1-33-30-19-27-26(24-15-9-6-10-16-24)20-32(36-29(27)21-31(30)34-22-37(2,3)4)35-28-18-12-11-17-25(28)23-13-7-5-8-14-23/h5-10,13-16,19,21,25-26,28,32H,11-12,17-18,20,22H2,1-4H3/t25-,26+,28+,32-/m0/s1. The van der Waals surface area contributed by atoms with Crippen molar-refractivity contribution < 1.29 is 18.9 Å². The van der Waals surface area contributed by atoms with Gasteiger partial charge in [0.15, 0.2) is 11.5 Å². The van der Waals surface area contributed by atoms with Gasteiger partial charge in [0.2, 0.25) is 6.29 Å². The van der Waals surface area contributed by atoms with E-state index in [-0.39, 0.29) is 18.3 Å². The first kappa shape index (κ1) is 25.9. The molecule has 37 heavy (non-hydrogen) atoms. The van der Waals surface area contributed by atoms with Crippen LogP contribution in [0.25, 0.3) is 0 Å². The molecule has 4 atom stereocenters. The second-order valence-corrected chi connectivity index (χ2v) is 17.0. The molecular weight excluding hydrogens is 476 g/mol. The molecule has 1 aliphatic carbocycles. The van der Waals surface area contributed by atoms with Gasteiger partial charge in [-0.25, -0.2) is 0 Å². The van der Waals surface area contributed by atoms with Crippen LogP contribution < -0.4 is 14.2 Å². The fourth-order valence-electron chi connectivity index (χ4n) is 5.63. The molecular formula is C32H40O4Si. The van der Waals surface area contributed by atoms with Gasteiger partial charge >= 0.3 is 0 Å². The van der Waals surface area contributed by atoms with E-state index in [1.165, 1.54) is 24.0 Å². The van der Waals surface area contributed by atoms with Gasteiger partial charge in [-0.3, -0.25) is 0 Å². The maximum absolute atomic E-state index is 6.83. The van der Waals surface area contributed by atoms with Crippen LogP contribution >= 0.6 is 0 Å². The Hall–Kier alpha value is -2.76. The molecule has 196 valence electrons. The van der Waals surface area contributed by atoms with Gasteiger partial charge in [-0.15, -0.1) is 0 Å². The summed E-state index contributed by atoms with van der Waals surface area (Å²) in [5, 5.41) is 0. The molecule has 5 rings (SSSR count). The second-order valence-electron chi connectivity index (χ2n) is 11.6. The monoisotopic (exact) mass is 516 g/mol. The average molecular weight is 517 g/mol. The summed E-state index contributed by atoms with van der Waals surface area (Å²) in [6.07, 6.45) is 6.01. The molecule has 1 fully saturated rings. The van der Waals surface area contributed by atoms with Crippen LogP contribution in [-0.2, 0) is 4.74 Å². The number of fused-ring (bicyclic) bond motifs is 1. The molecule has 0 aromatic heterocycles. The quantitative estimate of drug-likeness (QED) is 0.285. The minimum atomic E-state index is -1.40. The Morgan fingerprint density at radius 3 is 2.19 bits per heavy atom. The molecule has 4 nitrogen and oxygen atoms in total. The number of hydrogen-bond donors (Lipinski definition) is 0. The molecule has 0 N–H and O–H groups in total. The number of ether oxygens (including phenoxy) is 4. The summed E-state index contributed by atoms with van der Waals surface area (Å²) < 4.78 is 25.5. The molecule has 0 bridgehead atoms. The fourth-order valence-corrected chi connectivity index (χ4v) is 6.22. The zero-order chi connectivity index (χ0) is 25.8. The van der Waals surface area contributed by atoms with Crippen molar-refractivity contribution in [2.45, 2.75) is 76.0 Å². The summed E-state index contributed by atoms with van der Waals surface area (Å²) in [7, 11) is 0.308. The van der Waals surface area contributed by atoms with Gasteiger partial charge in [-0.1, -0.05) is 93.1 Å². The molecule has 3 aromatic carbocycles. The Kier molecular flexibility index (Phi) is 7.91. The van der Waals surface area contributed by atoms with Gasteiger partial charge in [0.25, 0.3) is 0 Å². The van der Waals surface area contributed by atoms with Gasteiger partial charge < -0.3 is 18.9 Å². The van der Waals surface area contributed by atoms with E-state index in [2.05, 4.69) is 86.4 Å². The molecule has 5 heteroatoms. The lowest BCUT2D eigenvalue weighted by Crippen LogP contribution is -2.36. The van der Waals surface area contributed by atoms with Crippen molar-refractivity contribution in [2.75, 3.05) is 13.3 Å². The van der Waals surface area contributed by atoms with E-state index in [1.54, 1.807) is 7.11 Å². The Morgan fingerprint density at radius 2 is 1.51 bits per heavy atom.